The third-order valence-corrected chi connectivity index (χ3v) is 9.11. The van der Waals surface area contributed by atoms with Crippen LogP contribution in [0.4, 0.5) is 5.69 Å². The number of carbonyl (C=O) groups excluding carboxylic acids is 2. The predicted octanol–water partition coefficient (Wildman–Crippen LogP) is 6.04. The van der Waals surface area contributed by atoms with Gasteiger partial charge in [0.1, 0.15) is 12.6 Å². The van der Waals surface area contributed by atoms with Crippen molar-refractivity contribution in [2.24, 2.45) is 0 Å². The van der Waals surface area contributed by atoms with Crippen LogP contribution in [0, 0.1) is 6.92 Å². The molecule has 2 atom stereocenters. The normalized spacial score (nSPS) is 13.0. The van der Waals surface area contributed by atoms with E-state index in [0.29, 0.717) is 12.1 Å². The average molecular weight is 578 g/mol. The molecule has 2 amide bonds. The van der Waals surface area contributed by atoms with Crippen molar-refractivity contribution < 1.29 is 18.0 Å². The molecule has 41 heavy (non-hydrogen) atoms. The molecule has 3 aromatic rings. The summed E-state index contributed by atoms with van der Waals surface area (Å²) in [6.07, 6.45) is 1.14. The van der Waals surface area contributed by atoms with E-state index in [-0.39, 0.29) is 29.3 Å². The number of carbonyl (C=O) groups is 2. The zero-order valence-corrected chi connectivity index (χ0v) is 25.8. The third kappa shape index (κ3) is 8.19. The number of benzene rings is 3. The molecule has 0 unspecified atom stereocenters. The van der Waals surface area contributed by atoms with E-state index in [2.05, 4.69) is 19.2 Å². The summed E-state index contributed by atoms with van der Waals surface area (Å²) in [6.45, 7) is 11.6. The maximum Gasteiger partial charge on any atom is 0.264 e. The second-order valence-electron chi connectivity index (χ2n) is 10.8. The number of hydrogen-bond donors (Lipinski definition) is 1. The Balaban J connectivity index is 2.05. The molecule has 0 bridgehead atoms. The lowest BCUT2D eigenvalue weighted by molar-refractivity contribution is -0.140. The minimum absolute atomic E-state index is 0.0534. The van der Waals surface area contributed by atoms with Crippen LogP contribution in [0.5, 0.6) is 0 Å². The molecule has 0 aliphatic heterocycles. The van der Waals surface area contributed by atoms with E-state index >= 15 is 0 Å². The SMILES string of the molecule is CC[C@@H](C)NC(=O)[C@H](CC)N(Cc1ccc(C)cc1)C(=O)CN(c1ccc(C(C)C)cc1)S(=O)(=O)c1ccccc1. The standard InChI is InChI=1S/C33H43N3O4S/c1-7-26(6)34-33(38)31(8-2)35(22-27-16-14-25(5)15-17-27)32(37)23-36(29-20-18-28(19-21-29)24(3)4)41(39,40)30-12-10-9-11-13-30/h9-21,24,26,31H,7-8,22-23H2,1-6H3,(H,34,38)/t26-,31+/m1/s1. The number of hydrogen-bond acceptors (Lipinski definition) is 4. The van der Waals surface area contributed by atoms with Crippen LogP contribution in [0.2, 0.25) is 0 Å². The van der Waals surface area contributed by atoms with E-state index in [1.807, 2.05) is 64.1 Å². The van der Waals surface area contributed by atoms with Gasteiger partial charge < -0.3 is 10.2 Å². The Bertz CT molecular complexity index is 1390. The smallest absolute Gasteiger partial charge is 0.264 e. The monoisotopic (exact) mass is 577 g/mol. The maximum atomic E-state index is 14.2. The topological polar surface area (TPSA) is 86.8 Å². The van der Waals surface area contributed by atoms with Gasteiger partial charge in [-0.1, -0.05) is 87.9 Å². The van der Waals surface area contributed by atoms with Crippen molar-refractivity contribution in [1.29, 1.82) is 0 Å². The summed E-state index contributed by atoms with van der Waals surface area (Å²) in [7, 11) is -4.08. The summed E-state index contributed by atoms with van der Waals surface area (Å²) < 4.78 is 29.0. The van der Waals surface area contributed by atoms with Crippen molar-refractivity contribution in [2.75, 3.05) is 10.8 Å². The highest BCUT2D eigenvalue weighted by atomic mass is 32.2. The van der Waals surface area contributed by atoms with E-state index in [4.69, 9.17) is 0 Å². The molecular formula is C33H43N3O4S. The van der Waals surface area contributed by atoms with Crippen LogP contribution in [0.15, 0.2) is 83.8 Å². The fraction of sp³-hybridized carbons (Fsp3) is 0.394. The number of nitrogens with zero attached hydrogens (tertiary/aromatic N) is 2. The largest absolute Gasteiger partial charge is 0.352 e. The van der Waals surface area contributed by atoms with Crippen molar-refractivity contribution >= 4 is 27.5 Å². The molecule has 220 valence electrons. The van der Waals surface area contributed by atoms with Gasteiger partial charge >= 0.3 is 0 Å². The number of nitrogens with one attached hydrogen (secondary N) is 1. The Hall–Kier alpha value is -3.65. The molecule has 7 nitrogen and oxygen atoms in total. The van der Waals surface area contributed by atoms with Gasteiger partial charge in [0.05, 0.1) is 10.6 Å². The molecule has 1 N–H and O–H groups in total. The molecule has 0 heterocycles. The molecule has 0 fully saturated rings. The van der Waals surface area contributed by atoms with E-state index in [1.54, 1.807) is 30.3 Å². The highest BCUT2D eigenvalue weighted by Crippen LogP contribution is 2.27. The molecule has 0 aromatic heterocycles. The van der Waals surface area contributed by atoms with Gasteiger partial charge in [-0.15, -0.1) is 0 Å². The summed E-state index contributed by atoms with van der Waals surface area (Å²) in [4.78, 5) is 29.1. The Morgan fingerprint density at radius 1 is 0.829 bits per heavy atom. The van der Waals surface area contributed by atoms with E-state index in [0.717, 1.165) is 27.4 Å². The molecule has 0 radical (unpaired) electrons. The van der Waals surface area contributed by atoms with Crippen LogP contribution in [-0.4, -0.2) is 43.8 Å². The van der Waals surface area contributed by atoms with Gasteiger partial charge in [-0.3, -0.25) is 13.9 Å². The Kier molecular flexibility index (Phi) is 11.1. The van der Waals surface area contributed by atoms with Gasteiger partial charge in [0.2, 0.25) is 11.8 Å². The van der Waals surface area contributed by atoms with Crippen molar-refractivity contribution in [1.82, 2.24) is 10.2 Å². The van der Waals surface area contributed by atoms with Gasteiger partial charge in [-0.05, 0) is 68.0 Å². The molecule has 0 saturated heterocycles. The van der Waals surface area contributed by atoms with Crippen molar-refractivity contribution in [3.8, 4) is 0 Å². The van der Waals surface area contributed by atoms with Crippen molar-refractivity contribution in [3.05, 3.63) is 95.6 Å². The third-order valence-electron chi connectivity index (χ3n) is 7.32. The highest BCUT2D eigenvalue weighted by Gasteiger charge is 2.34. The Morgan fingerprint density at radius 2 is 1.44 bits per heavy atom. The van der Waals surface area contributed by atoms with Gasteiger partial charge in [0.15, 0.2) is 0 Å². The summed E-state index contributed by atoms with van der Waals surface area (Å²) >= 11 is 0. The molecule has 0 aliphatic carbocycles. The van der Waals surface area contributed by atoms with Gasteiger partial charge in [0, 0.05) is 12.6 Å². The molecule has 8 heteroatoms. The van der Waals surface area contributed by atoms with E-state index in [9.17, 15) is 18.0 Å². The molecular weight excluding hydrogens is 534 g/mol. The minimum Gasteiger partial charge on any atom is -0.352 e. The Morgan fingerprint density at radius 3 is 1.98 bits per heavy atom. The van der Waals surface area contributed by atoms with E-state index < -0.39 is 28.5 Å². The Labute approximate surface area is 245 Å². The minimum atomic E-state index is -4.08. The number of aryl methyl sites for hydroxylation is 1. The van der Waals surface area contributed by atoms with Gasteiger partial charge in [-0.25, -0.2) is 8.42 Å². The molecule has 0 spiro atoms. The first kappa shape index (κ1) is 31.9. The zero-order chi connectivity index (χ0) is 30.2. The van der Waals surface area contributed by atoms with Crippen LogP contribution in [0.3, 0.4) is 0 Å². The summed E-state index contributed by atoms with van der Waals surface area (Å²) in [5, 5.41) is 3.00. The van der Waals surface area contributed by atoms with Gasteiger partial charge in [-0.2, -0.15) is 0 Å². The average Bonchev–Trinajstić information content (AvgIpc) is 2.97. The van der Waals surface area contributed by atoms with Crippen LogP contribution in [-0.2, 0) is 26.2 Å². The maximum absolute atomic E-state index is 14.2. The fourth-order valence-corrected chi connectivity index (χ4v) is 5.96. The number of rotatable bonds is 13. The lowest BCUT2D eigenvalue weighted by Gasteiger charge is -2.33. The van der Waals surface area contributed by atoms with E-state index in [1.165, 1.54) is 17.0 Å². The van der Waals surface area contributed by atoms with Gasteiger partial charge in [0.25, 0.3) is 10.0 Å². The second-order valence-corrected chi connectivity index (χ2v) is 12.7. The van der Waals surface area contributed by atoms with Crippen molar-refractivity contribution in [2.45, 2.75) is 83.8 Å². The first-order valence-electron chi connectivity index (χ1n) is 14.3. The first-order valence-corrected chi connectivity index (χ1v) is 15.7. The molecule has 3 aromatic carbocycles. The highest BCUT2D eigenvalue weighted by molar-refractivity contribution is 7.92. The lowest BCUT2D eigenvalue weighted by atomic mass is 10.0. The summed E-state index contributed by atoms with van der Waals surface area (Å²) in [5.41, 5.74) is 3.39. The summed E-state index contributed by atoms with van der Waals surface area (Å²) in [6, 6.07) is 22.3. The predicted molar refractivity (Wildman–Crippen MR) is 165 cm³/mol. The summed E-state index contributed by atoms with van der Waals surface area (Å²) in [5.74, 6) is -0.436. The van der Waals surface area contributed by atoms with Crippen LogP contribution < -0.4 is 9.62 Å². The molecule has 0 saturated carbocycles. The van der Waals surface area contributed by atoms with Crippen LogP contribution in [0.25, 0.3) is 0 Å². The second kappa shape index (κ2) is 14.3. The quantitative estimate of drug-likeness (QED) is 0.269. The molecule has 0 aliphatic rings. The molecule has 3 rings (SSSR count). The van der Waals surface area contributed by atoms with Crippen LogP contribution >= 0.6 is 0 Å². The number of sulfonamides is 1. The first-order chi connectivity index (χ1) is 19.5. The lowest BCUT2D eigenvalue weighted by Crippen LogP contribution is -2.53. The number of amides is 2. The fourth-order valence-electron chi connectivity index (χ4n) is 4.52. The van der Waals surface area contributed by atoms with Crippen molar-refractivity contribution in [3.63, 3.8) is 0 Å². The van der Waals surface area contributed by atoms with Crippen LogP contribution in [0.1, 0.15) is 70.1 Å². The zero-order valence-electron chi connectivity index (χ0n) is 25.0. The number of anilines is 1.